The van der Waals surface area contributed by atoms with Gasteiger partial charge in [-0.2, -0.15) is 0 Å². The van der Waals surface area contributed by atoms with Gasteiger partial charge in [-0.05, 0) is 12.1 Å². The molecule has 0 fully saturated rings. The molecule has 2 nitrogen and oxygen atoms in total. The summed E-state index contributed by atoms with van der Waals surface area (Å²) in [5.41, 5.74) is 0.384. The summed E-state index contributed by atoms with van der Waals surface area (Å²) in [6, 6.07) is 6.31. The first kappa shape index (κ1) is 13.1. The van der Waals surface area contributed by atoms with Crippen LogP contribution in [0.25, 0.3) is 0 Å². The molecule has 0 N–H and O–H groups in total. The van der Waals surface area contributed by atoms with Crippen LogP contribution in [0.3, 0.4) is 0 Å². The first-order chi connectivity index (χ1) is 7.37. The molecule has 0 bridgehead atoms. The normalized spacial score (nSPS) is 12.9. The molecule has 3 heteroatoms. The summed E-state index contributed by atoms with van der Waals surface area (Å²) < 4.78 is 24.3. The molecular formula is C13H19FO2. The summed E-state index contributed by atoms with van der Waals surface area (Å²) in [7, 11) is 3.14. The molecule has 0 amide bonds. The van der Waals surface area contributed by atoms with Crippen LogP contribution in [0.15, 0.2) is 24.3 Å². The number of methoxy groups -OCH3 is 2. The highest BCUT2D eigenvalue weighted by Gasteiger charge is 2.44. The fourth-order valence-electron chi connectivity index (χ4n) is 2.06. The quantitative estimate of drug-likeness (QED) is 0.736. The molecule has 0 saturated carbocycles. The van der Waals surface area contributed by atoms with Crippen molar-refractivity contribution in [1.82, 2.24) is 0 Å². The highest BCUT2D eigenvalue weighted by Crippen LogP contribution is 2.42. The number of rotatable bonds is 3. The molecule has 0 heterocycles. The fourth-order valence-corrected chi connectivity index (χ4v) is 2.06. The Hall–Kier alpha value is -0.930. The Morgan fingerprint density at radius 2 is 1.62 bits per heavy atom. The van der Waals surface area contributed by atoms with Gasteiger partial charge in [-0.15, -0.1) is 0 Å². The van der Waals surface area contributed by atoms with Gasteiger partial charge in [-0.25, -0.2) is 4.39 Å². The third kappa shape index (κ3) is 2.11. The molecule has 1 rings (SSSR count). The van der Waals surface area contributed by atoms with Gasteiger partial charge in [0.05, 0.1) is 0 Å². The molecule has 16 heavy (non-hydrogen) atoms. The number of ether oxygens (including phenoxy) is 2. The maximum Gasteiger partial charge on any atom is 0.199 e. The van der Waals surface area contributed by atoms with Gasteiger partial charge in [0.15, 0.2) is 5.79 Å². The van der Waals surface area contributed by atoms with Gasteiger partial charge in [0.1, 0.15) is 5.82 Å². The maximum atomic E-state index is 13.2. The minimum absolute atomic E-state index is 0.291. The average Bonchev–Trinajstić information content (AvgIpc) is 2.18. The van der Waals surface area contributed by atoms with E-state index in [1.54, 1.807) is 26.4 Å². The smallest absolute Gasteiger partial charge is 0.199 e. The summed E-state index contributed by atoms with van der Waals surface area (Å²) in [4.78, 5) is 0. The molecule has 1 aromatic carbocycles. The zero-order valence-electron chi connectivity index (χ0n) is 10.5. The Kier molecular flexibility index (Phi) is 3.71. The van der Waals surface area contributed by atoms with E-state index in [4.69, 9.17) is 9.47 Å². The van der Waals surface area contributed by atoms with E-state index in [0.717, 1.165) is 0 Å². The summed E-state index contributed by atoms with van der Waals surface area (Å²) in [6.45, 7) is 5.97. The minimum atomic E-state index is -0.935. The molecule has 0 atom stereocenters. The van der Waals surface area contributed by atoms with Crippen molar-refractivity contribution in [2.45, 2.75) is 26.6 Å². The lowest BCUT2D eigenvalue weighted by Gasteiger charge is -2.42. The molecule has 0 aliphatic heterocycles. The number of benzene rings is 1. The lowest BCUT2D eigenvalue weighted by atomic mass is 9.80. The molecular weight excluding hydrogens is 207 g/mol. The first-order valence-electron chi connectivity index (χ1n) is 5.24. The molecule has 0 aromatic heterocycles. The van der Waals surface area contributed by atoms with E-state index in [0.29, 0.717) is 5.56 Å². The van der Waals surface area contributed by atoms with Crippen LogP contribution >= 0.6 is 0 Å². The van der Waals surface area contributed by atoms with E-state index in [1.807, 2.05) is 20.8 Å². The molecule has 90 valence electrons. The highest BCUT2D eigenvalue weighted by atomic mass is 19.1. The van der Waals surface area contributed by atoms with Crippen molar-refractivity contribution >= 4 is 0 Å². The van der Waals surface area contributed by atoms with Crippen LogP contribution in [0.5, 0.6) is 0 Å². The lowest BCUT2D eigenvalue weighted by molar-refractivity contribution is -0.274. The van der Waals surface area contributed by atoms with Gasteiger partial charge in [-0.3, -0.25) is 0 Å². The second-order valence-corrected chi connectivity index (χ2v) is 4.79. The standard InChI is InChI=1S/C13H19FO2/c1-12(2,3)13(15-4,16-5)10-7-6-8-11(14)9-10/h6-9H,1-5H3. The van der Waals surface area contributed by atoms with E-state index in [1.165, 1.54) is 12.1 Å². The third-order valence-corrected chi connectivity index (χ3v) is 2.77. The van der Waals surface area contributed by atoms with Gasteiger partial charge in [0.2, 0.25) is 0 Å². The topological polar surface area (TPSA) is 18.5 Å². The summed E-state index contributed by atoms with van der Waals surface area (Å²) >= 11 is 0. The number of halogens is 1. The average molecular weight is 226 g/mol. The van der Waals surface area contributed by atoms with Crippen molar-refractivity contribution < 1.29 is 13.9 Å². The van der Waals surface area contributed by atoms with Crippen molar-refractivity contribution in [1.29, 1.82) is 0 Å². The minimum Gasteiger partial charge on any atom is -0.349 e. The summed E-state index contributed by atoms with van der Waals surface area (Å²) in [5, 5.41) is 0. The number of hydrogen-bond donors (Lipinski definition) is 0. The Balaban J connectivity index is 3.32. The molecule has 0 aliphatic rings. The summed E-state index contributed by atoms with van der Waals surface area (Å²) in [5.74, 6) is -1.23. The van der Waals surface area contributed by atoms with Crippen molar-refractivity contribution in [2.75, 3.05) is 14.2 Å². The SMILES string of the molecule is COC(OC)(c1cccc(F)c1)C(C)(C)C. The number of hydrogen-bond acceptors (Lipinski definition) is 2. The molecule has 1 aromatic rings. The van der Waals surface area contributed by atoms with Crippen LogP contribution in [-0.2, 0) is 15.3 Å². The summed E-state index contributed by atoms with van der Waals surface area (Å²) in [6.07, 6.45) is 0. The van der Waals surface area contributed by atoms with Crippen molar-refractivity contribution in [3.8, 4) is 0 Å². The van der Waals surface area contributed by atoms with Crippen LogP contribution in [0, 0.1) is 11.2 Å². The third-order valence-electron chi connectivity index (χ3n) is 2.77. The van der Waals surface area contributed by atoms with Crippen LogP contribution in [0.4, 0.5) is 4.39 Å². The Morgan fingerprint density at radius 1 is 1.06 bits per heavy atom. The first-order valence-corrected chi connectivity index (χ1v) is 5.24. The van der Waals surface area contributed by atoms with Crippen LogP contribution in [0.1, 0.15) is 26.3 Å². The van der Waals surface area contributed by atoms with Crippen LogP contribution in [-0.4, -0.2) is 14.2 Å². The molecule has 0 radical (unpaired) electrons. The van der Waals surface area contributed by atoms with Gasteiger partial charge >= 0.3 is 0 Å². The van der Waals surface area contributed by atoms with Gasteiger partial charge in [-0.1, -0.05) is 32.9 Å². The van der Waals surface area contributed by atoms with Crippen LogP contribution < -0.4 is 0 Å². The van der Waals surface area contributed by atoms with Crippen molar-refractivity contribution in [3.63, 3.8) is 0 Å². The van der Waals surface area contributed by atoms with E-state index in [9.17, 15) is 4.39 Å². The van der Waals surface area contributed by atoms with E-state index in [2.05, 4.69) is 0 Å². The predicted octanol–water partition coefficient (Wildman–Crippen LogP) is 3.32. The maximum absolute atomic E-state index is 13.2. The largest absolute Gasteiger partial charge is 0.349 e. The Labute approximate surface area is 96.4 Å². The van der Waals surface area contributed by atoms with Gasteiger partial charge in [0, 0.05) is 25.2 Å². The zero-order chi connectivity index (χ0) is 12.4. The second-order valence-electron chi connectivity index (χ2n) is 4.79. The van der Waals surface area contributed by atoms with Gasteiger partial charge < -0.3 is 9.47 Å². The van der Waals surface area contributed by atoms with E-state index in [-0.39, 0.29) is 11.2 Å². The second kappa shape index (κ2) is 4.52. The lowest BCUT2D eigenvalue weighted by Crippen LogP contribution is -2.43. The Bertz CT molecular complexity index is 351. The van der Waals surface area contributed by atoms with Gasteiger partial charge in [0.25, 0.3) is 0 Å². The van der Waals surface area contributed by atoms with Crippen molar-refractivity contribution in [3.05, 3.63) is 35.6 Å². The molecule has 0 unspecified atom stereocenters. The molecule has 0 spiro atoms. The highest BCUT2D eigenvalue weighted by molar-refractivity contribution is 5.23. The monoisotopic (exact) mass is 226 g/mol. The van der Waals surface area contributed by atoms with E-state index < -0.39 is 5.79 Å². The van der Waals surface area contributed by atoms with Crippen molar-refractivity contribution in [2.24, 2.45) is 5.41 Å². The molecule has 0 saturated heterocycles. The predicted molar refractivity (Wildman–Crippen MR) is 61.6 cm³/mol. The van der Waals surface area contributed by atoms with E-state index >= 15 is 0 Å². The van der Waals surface area contributed by atoms with Crippen LogP contribution in [0.2, 0.25) is 0 Å². The Morgan fingerprint density at radius 3 is 2.00 bits per heavy atom. The zero-order valence-corrected chi connectivity index (χ0v) is 10.5. The molecule has 0 aliphatic carbocycles. The fraction of sp³-hybridized carbons (Fsp3) is 0.538.